The van der Waals surface area contributed by atoms with Crippen LogP contribution in [0.2, 0.25) is 0 Å². The first-order valence-electron chi connectivity index (χ1n) is 9.83. The summed E-state index contributed by atoms with van der Waals surface area (Å²) in [4.78, 5) is 6.82. The molecule has 1 aliphatic rings. The van der Waals surface area contributed by atoms with Gasteiger partial charge < -0.3 is 15.7 Å². The Balaban J connectivity index is 1.60. The summed E-state index contributed by atoms with van der Waals surface area (Å²) in [5.41, 5.74) is 2.51. The highest BCUT2D eigenvalue weighted by Crippen LogP contribution is 2.24. The first kappa shape index (κ1) is 20.3. The van der Waals surface area contributed by atoms with Crippen LogP contribution in [0.15, 0.2) is 53.5 Å². The van der Waals surface area contributed by atoms with Crippen LogP contribution in [0.4, 0.5) is 4.39 Å². The van der Waals surface area contributed by atoms with Gasteiger partial charge in [-0.05, 0) is 49.2 Å². The van der Waals surface area contributed by atoms with Crippen molar-refractivity contribution in [1.82, 2.24) is 15.5 Å². The van der Waals surface area contributed by atoms with Crippen LogP contribution in [0.1, 0.15) is 35.6 Å². The second-order valence-electron chi connectivity index (χ2n) is 7.06. The topological polar surface area (TPSA) is 59.9 Å². The van der Waals surface area contributed by atoms with Crippen LogP contribution in [0, 0.1) is 5.82 Å². The molecule has 0 aromatic heterocycles. The highest BCUT2D eigenvalue weighted by atomic mass is 19.1. The molecule has 0 saturated carbocycles. The number of benzene rings is 2. The van der Waals surface area contributed by atoms with Crippen LogP contribution >= 0.6 is 0 Å². The molecule has 5 nitrogen and oxygen atoms in total. The summed E-state index contributed by atoms with van der Waals surface area (Å²) in [6.07, 6.45) is 2.49. The average Bonchev–Trinajstić information content (AvgIpc) is 3.26. The van der Waals surface area contributed by atoms with Crippen molar-refractivity contribution in [3.8, 4) is 0 Å². The summed E-state index contributed by atoms with van der Waals surface area (Å²) in [6.45, 7) is 3.20. The third kappa shape index (κ3) is 5.30. The van der Waals surface area contributed by atoms with E-state index in [-0.39, 0.29) is 12.4 Å². The van der Waals surface area contributed by atoms with E-state index >= 15 is 0 Å². The smallest absolute Gasteiger partial charge is 0.191 e. The SMILES string of the molecule is CN=C(NCc1ccc(F)c(CO)c1)NCC(c1ccccc1)N1CCCC1. The number of aliphatic imine (C=N–C) groups is 1. The number of hydrogen-bond acceptors (Lipinski definition) is 3. The van der Waals surface area contributed by atoms with Gasteiger partial charge in [0.2, 0.25) is 0 Å². The van der Waals surface area contributed by atoms with Crippen molar-refractivity contribution in [1.29, 1.82) is 0 Å². The predicted octanol–water partition coefficient (Wildman–Crippen LogP) is 2.82. The normalized spacial score (nSPS) is 16.2. The number of nitrogens with zero attached hydrogens (tertiary/aromatic N) is 2. The largest absolute Gasteiger partial charge is 0.392 e. The summed E-state index contributed by atoms with van der Waals surface area (Å²) >= 11 is 0. The van der Waals surface area contributed by atoms with Gasteiger partial charge in [0.25, 0.3) is 0 Å². The Bertz CT molecular complexity index is 775. The quantitative estimate of drug-likeness (QED) is 0.508. The highest BCUT2D eigenvalue weighted by Gasteiger charge is 2.23. The van der Waals surface area contributed by atoms with Crippen LogP contribution < -0.4 is 10.6 Å². The Labute approximate surface area is 166 Å². The van der Waals surface area contributed by atoms with Gasteiger partial charge >= 0.3 is 0 Å². The Morgan fingerprint density at radius 2 is 1.89 bits per heavy atom. The molecule has 1 atom stereocenters. The Morgan fingerprint density at radius 3 is 2.57 bits per heavy atom. The summed E-state index contributed by atoms with van der Waals surface area (Å²) in [5, 5.41) is 15.9. The van der Waals surface area contributed by atoms with E-state index in [4.69, 9.17) is 0 Å². The molecule has 2 aromatic rings. The molecule has 1 fully saturated rings. The maximum Gasteiger partial charge on any atom is 0.191 e. The summed E-state index contributed by atoms with van der Waals surface area (Å²) in [7, 11) is 1.74. The second-order valence-corrected chi connectivity index (χ2v) is 7.06. The zero-order valence-corrected chi connectivity index (χ0v) is 16.4. The minimum atomic E-state index is -0.384. The Hall–Kier alpha value is -2.44. The van der Waals surface area contributed by atoms with Gasteiger partial charge in [-0.3, -0.25) is 9.89 Å². The van der Waals surface area contributed by atoms with Crippen molar-refractivity contribution in [2.45, 2.75) is 32.0 Å². The minimum Gasteiger partial charge on any atom is -0.392 e. The summed E-state index contributed by atoms with van der Waals surface area (Å²) in [5.74, 6) is 0.320. The van der Waals surface area contributed by atoms with Gasteiger partial charge in [-0.1, -0.05) is 36.4 Å². The minimum absolute atomic E-state index is 0.300. The van der Waals surface area contributed by atoms with Gasteiger partial charge in [-0.25, -0.2) is 4.39 Å². The fourth-order valence-corrected chi connectivity index (χ4v) is 3.65. The van der Waals surface area contributed by atoms with E-state index in [1.54, 1.807) is 19.2 Å². The molecule has 0 amide bonds. The molecule has 28 heavy (non-hydrogen) atoms. The molecule has 3 N–H and O–H groups in total. The van der Waals surface area contributed by atoms with Gasteiger partial charge in [-0.2, -0.15) is 0 Å². The monoisotopic (exact) mass is 384 g/mol. The maximum atomic E-state index is 13.5. The van der Waals surface area contributed by atoms with Gasteiger partial charge in [0.05, 0.1) is 12.6 Å². The fourth-order valence-electron chi connectivity index (χ4n) is 3.65. The molecule has 1 unspecified atom stereocenters. The van der Waals surface area contributed by atoms with Crippen molar-refractivity contribution in [2.24, 2.45) is 4.99 Å². The highest BCUT2D eigenvalue weighted by molar-refractivity contribution is 5.79. The van der Waals surface area contributed by atoms with E-state index in [0.29, 0.717) is 24.1 Å². The van der Waals surface area contributed by atoms with Crippen LogP contribution in [0.25, 0.3) is 0 Å². The molecular weight excluding hydrogens is 355 g/mol. The van der Waals surface area contributed by atoms with Crippen molar-refractivity contribution >= 4 is 5.96 Å². The van der Waals surface area contributed by atoms with E-state index in [1.807, 2.05) is 6.07 Å². The number of aliphatic hydroxyl groups excluding tert-OH is 1. The molecule has 3 rings (SSSR count). The van der Waals surface area contributed by atoms with E-state index < -0.39 is 0 Å². The molecule has 1 saturated heterocycles. The first-order valence-corrected chi connectivity index (χ1v) is 9.83. The molecule has 0 radical (unpaired) electrons. The fraction of sp³-hybridized carbons (Fsp3) is 0.409. The van der Waals surface area contributed by atoms with E-state index in [0.717, 1.165) is 25.2 Å². The summed E-state index contributed by atoms with van der Waals surface area (Å²) in [6, 6.07) is 15.6. The maximum absolute atomic E-state index is 13.5. The molecule has 0 aliphatic carbocycles. The van der Waals surface area contributed by atoms with Crippen LogP contribution in [0.3, 0.4) is 0 Å². The molecule has 2 aromatic carbocycles. The number of hydrogen-bond donors (Lipinski definition) is 3. The molecule has 0 bridgehead atoms. The lowest BCUT2D eigenvalue weighted by Gasteiger charge is -2.29. The molecular formula is C22H29FN4O. The number of likely N-dealkylation sites (tertiary alicyclic amines) is 1. The lowest BCUT2D eigenvalue weighted by Crippen LogP contribution is -2.42. The third-order valence-electron chi connectivity index (χ3n) is 5.19. The molecule has 1 aliphatic heterocycles. The second kappa shape index (κ2) is 10.2. The average molecular weight is 384 g/mol. The molecule has 150 valence electrons. The van der Waals surface area contributed by atoms with Gasteiger partial charge in [0, 0.05) is 25.7 Å². The standard InChI is InChI=1S/C22H29FN4O/c1-24-22(25-14-17-9-10-20(23)19(13-17)16-28)26-15-21(27-11-5-6-12-27)18-7-3-2-4-8-18/h2-4,7-10,13,21,28H,5-6,11-12,14-16H2,1H3,(H2,24,25,26). The predicted molar refractivity (Wildman–Crippen MR) is 111 cm³/mol. The Kier molecular flexibility index (Phi) is 7.39. The van der Waals surface area contributed by atoms with Gasteiger partial charge in [-0.15, -0.1) is 0 Å². The van der Waals surface area contributed by atoms with Gasteiger partial charge in [0.15, 0.2) is 5.96 Å². The third-order valence-corrected chi connectivity index (χ3v) is 5.19. The molecule has 0 spiro atoms. The number of nitrogens with one attached hydrogen (secondary N) is 2. The number of guanidine groups is 1. The number of halogens is 1. The lowest BCUT2D eigenvalue weighted by molar-refractivity contribution is 0.245. The first-order chi connectivity index (χ1) is 13.7. The van der Waals surface area contributed by atoms with E-state index in [2.05, 4.69) is 44.8 Å². The van der Waals surface area contributed by atoms with E-state index in [1.165, 1.54) is 24.5 Å². The van der Waals surface area contributed by atoms with Crippen LogP contribution in [-0.2, 0) is 13.2 Å². The molecule has 6 heteroatoms. The van der Waals surface area contributed by atoms with Crippen LogP contribution in [0.5, 0.6) is 0 Å². The van der Waals surface area contributed by atoms with E-state index in [9.17, 15) is 9.50 Å². The number of rotatable bonds is 7. The lowest BCUT2D eigenvalue weighted by atomic mass is 10.1. The zero-order valence-electron chi connectivity index (χ0n) is 16.4. The zero-order chi connectivity index (χ0) is 19.8. The number of aliphatic hydroxyl groups is 1. The Morgan fingerprint density at radius 1 is 1.14 bits per heavy atom. The van der Waals surface area contributed by atoms with Gasteiger partial charge in [0.1, 0.15) is 5.82 Å². The molecule has 1 heterocycles. The van der Waals surface area contributed by atoms with Crippen molar-refractivity contribution in [2.75, 3.05) is 26.7 Å². The van der Waals surface area contributed by atoms with Crippen molar-refractivity contribution < 1.29 is 9.50 Å². The van der Waals surface area contributed by atoms with Crippen molar-refractivity contribution in [3.63, 3.8) is 0 Å². The summed E-state index contributed by atoms with van der Waals surface area (Å²) < 4.78 is 13.5. The van der Waals surface area contributed by atoms with Crippen LogP contribution in [-0.4, -0.2) is 42.6 Å². The van der Waals surface area contributed by atoms with Crippen molar-refractivity contribution in [3.05, 3.63) is 71.0 Å².